The number of amides is 1. The van der Waals surface area contributed by atoms with E-state index in [1.54, 1.807) is 18.4 Å². The molecular weight excluding hydrogens is 328 g/mol. The predicted molar refractivity (Wildman–Crippen MR) is 96.7 cm³/mol. The van der Waals surface area contributed by atoms with Gasteiger partial charge in [-0.25, -0.2) is 4.98 Å². The highest BCUT2D eigenvalue weighted by Gasteiger charge is 2.06. The zero-order valence-electron chi connectivity index (χ0n) is 12.8. The summed E-state index contributed by atoms with van der Waals surface area (Å²) in [7, 11) is 1.64. The second kappa shape index (κ2) is 7.02. The van der Waals surface area contributed by atoms with Gasteiger partial charge < -0.3 is 10.1 Å². The molecule has 0 aliphatic heterocycles. The first-order valence-electron chi connectivity index (χ1n) is 7.08. The molecular formula is C17H16N2O2S2. The molecule has 1 N–H and O–H groups in total. The van der Waals surface area contributed by atoms with Crippen LogP contribution in [0.3, 0.4) is 0 Å². The summed E-state index contributed by atoms with van der Waals surface area (Å²) in [6, 6.07) is 13.5. The highest BCUT2D eigenvalue weighted by atomic mass is 32.2. The zero-order chi connectivity index (χ0) is 16.2. The number of thiazole rings is 1. The molecule has 3 rings (SSSR count). The van der Waals surface area contributed by atoms with E-state index in [0.717, 1.165) is 31.6 Å². The molecule has 4 nitrogen and oxygen atoms in total. The lowest BCUT2D eigenvalue weighted by Crippen LogP contribution is -2.13. The quantitative estimate of drug-likeness (QED) is 0.699. The van der Waals surface area contributed by atoms with Gasteiger partial charge in [0.15, 0.2) is 0 Å². The summed E-state index contributed by atoms with van der Waals surface area (Å²) in [6.45, 7) is 1.98. The first kappa shape index (κ1) is 15.8. The first-order valence-corrected chi connectivity index (χ1v) is 8.88. The number of hydrogen-bond donors (Lipinski definition) is 1. The summed E-state index contributed by atoms with van der Waals surface area (Å²) in [6.07, 6.45) is 0. The van der Waals surface area contributed by atoms with Gasteiger partial charge in [-0.05, 0) is 49.4 Å². The van der Waals surface area contributed by atoms with Gasteiger partial charge >= 0.3 is 0 Å². The Morgan fingerprint density at radius 1 is 1.26 bits per heavy atom. The van der Waals surface area contributed by atoms with Gasteiger partial charge in [-0.2, -0.15) is 0 Å². The molecule has 2 aromatic carbocycles. The van der Waals surface area contributed by atoms with E-state index >= 15 is 0 Å². The molecule has 0 atom stereocenters. The van der Waals surface area contributed by atoms with Crippen molar-refractivity contribution in [2.45, 2.75) is 11.8 Å². The van der Waals surface area contributed by atoms with Crippen LogP contribution in [0.5, 0.6) is 5.75 Å². The number of ether oxygens (including phenoxy) is 1. The van der Waals surface area contributed by atoms with E-state index in [4.69, 9.17) is 4.74 Å². The fourth-order valence-electron chi connectivity index (χ4n) is 2.14. The highest BCUT2D eigenvalue weighted by molar-refractivity contribution is 8.00. The van der Waals surface area contributed by atoms with Crippen LogP contribution in [-0.4, -0.2) is 23.8 Å². The van der Waals surface area contributed by atoms with Crippen molar-refractivity contribution in [1.29, 1.82) is 0 Å². The van der Waals surface area contributed by atoms with Crippen molar-refractivity contribution in [1.82, 2.24) is 4.98 Å². The number of anilines is 1. The van der Waals surface area contributed by atoms with Crippen LogP contribution >= 0.6 is 23.1 Å². The molecule has 0 unspecified atom stereocenters. The van der Waals surface area contributed by atoms with Crippen LogP contribution in [0.2, 0.25) is 0 Å². The molecule has 1 aromatic heterocycles. The Balaban J connectivity index is 1.59. The Bertz CT molecular complexity index is 828. The fourth-order valence-corrected chi connectivity index (χ4v) is 3.70. The number of nitrogens with zero attached hydrogens (tertiary/aromatic N) is 1. The normalized spacial score (nSPS) is 10.7. The van der Waals surface area contributed by atoms with Gasteiger partial charge in [0.25, 0.3) is 0 Å². The number of aryl methyl sites for hydroxylation is 1. The van der Waals surface area contributed by atoms with E-state index in [9.17, 15) is 4.79 Å². The molecule has 0 saturated carbocycles. The first-order chi connectivity index (χ1) is 11.1. The number of benzene rings is 2. The zero-order valence-corrected chi connectivity index (χ0v) is 14.5. The van der Waals surface area contributed by atoms with Crippen molar-refractivity contribution in [3.8, 4) is 5.75 Å². The van der Waals surface area contributed by atoms with Crippen LogP contribution in [0.4, 0.5) is 5.69 Å². The molecule has 0 fully saturated rings. The van der Waals surface area contributed by atoms with E-state index in [0.29, 0.717) is 5.75 Å². The number of carbonyl (C=O) groups is 1. The maximum Gasteiger partial charge on any atom is 0.234 e. The van der Waals surface area contributed by atoms with E-state index in [1.807, 2.05) is 49.4 Å². The average Bonchev–Trinajstić information content (AvgIpc) is 2.92. The van der Waals surface area contributed by atoms with Gasteiger partial charge in [0.1, 0.15) is 5.75 Å². The number of methoxy groups -OCH3 is 1. The third-order valence-corrected chi connectivity index (χ3v) is 5.15. The van der Waals surface area contributed by atoms with Crippen LogP contribution in [0.25, 0.3) is 10.2 Å². The monoisotopic (exact) mass is 344 g/mol. The van der Waals surface area contributed by atoms with Gasteiger partial charge in [-0.15, -0.1) is 23.1 Å². The lowest BCUT2D eigenvalue weighted by molar-refractivity contribution is -0.113. The van der Waals surface area contributed by atoms with Crippen molar-refractivity contribution in [2.24, 2.45) is 0 Å². The third kappa shape index (κ3) is 4.03. The summed E-state index contributed by atoms with van der Waals surface area (Å²) in [5.74, 6) is 1.16. The number of hydrogen-bond acceptors (Lipinski definition) is 5. The number of aromatic nitrogens is 1. The Morgan fingerprint density at radius 2 is 2.04 bits per heavy atom. The number of thioether (sulfide) groups is 1. The third-order valence-electron chi connectivity index (χ3n) is 3.21. The maximum absolute atomic E-state index is 12.1. The maximum atomic E-state index is 12.1. The topological polar surface area (TPSA) is 51.2 Å². The largest absolute Gasteiger partial charge is 0.497 e. The molecule has 118 valence electrons. The summed E-state index contributed by atoms with van der Waals surface area (Å²) >= 11 is 3.12. The van der Waals surface area contributed by atoms with Crippen molar-refractivity contribution >= 4 is 44.9 Å². The minimum absolute atomic E-state index is 0.0218. The lowest BCUT2D eigenvalue weighted by atomic mass is 10.3. The molecule has 1 heterocycles. The Morgan fingerprint density at radius 3 is 2.78 bits per heavy atom. The van der Waals surface area contributed by atoms with E-state index < -0.39 is 0 Å². The standard InChI is InChI=1S/C17H16N2O2S2/c1-11-18-15-8-3-12(9-16(15)23-11)19-17(20)10-22-14-6-4-13(21-2)5-7-14/h3-9H,10H2,1-2H3,(H,19,20). The minimum Gasteiger partial charge on any atom is -0.497 e. The summed E-state index contributed by atoms with van der Waals surface area (Å²) in [5.41, 5.74) is 1.78. The molecule has 1 amide bonds. The van der Waals surface area contributed by atoms with Crippen LogP contribution in [-0.2, 0) is 4.79 Å². The second-order valence-corrected chi connectivity index (χ2v) is 7.21. The van der Waals surface area contributed by atoms with Crippen molar-refractivity contribution in [3.05, 3.63) is 47.5 Å². The molecule has 3 aromatic rings. The number of carbonyl (C=O) groups excluding carboxylic acids is 1. The average molecular weight is 344 g/mol. The summed E-state index contributed by atoms with van der Waals surface area (Å²) in [5, 5.41) is 3.96. The van der Waals surface area contributed by atoms with E-state index in [2.05, 4.69) is 10.3 Å². The molecule has 0 aliphatic rings. The molecule has 23 heavy (non-hydrogen) atoms. The SMILES string of the molecule is COc1ccc(SCC(=O)Nc2ccc3nc(C)sc3c2)cc1. The molecule has 0 spiro atoms. The fraction of sp³-hybridized carbons (Fsp3) is 0.176. The lowest BCUT2D eigenvalue weighted by Gasteiger charge is -2.06. The van der Waals surface area contributed by atoms with Crippen molar-refractivity contribution in [3.63, 3.8) is 0 Å². The van der Waals surface area contributed by atoms with Gasteiger partial charge in [-0.3, -0.25) is 4.79 Å². The Labute approximate surface area is 142 Å². The molecule has 6 heteroatoms. The highest BCUT2D eigenvalue weighted by Crippen LogP contribution is 2.25. The van der Waals surface area contributed by atoms with Crippen LogP contribution in [0.1, 0.15) is 5.01 Å². The van der Waals surface area contributed by atoms with Crippen molar-refractivity contribution in [2.75, 3.05) is 18.2 Å². The van der Waals surface area contributed by atoms with Crippen LogP contribution in [0, 0.1) is 6.92 Å². The predicted octanol–water partition coefficient (Wildman–Crippen LogP) is 4.34. The van der Waals surface area contributed by atoms with Crippen LogP contribution in [0.15, 0.2) is 47.4 Å². The Hall–Kier alpha value is -2.05. The molecule has 0 radical (unpaired) electrons. The van der Waals surface area contributed by atoms with E-state index in [-0.39, 0.29) is 5.91 Å². The smallest absolute Gasteiger partial charge is 0.234 e. The minimum atomic E-state index is -0.0218. The summed E-state index contributed by atoms with van der Waals surface area (Å²) in [4.78, 5) is 17.5. The molecule has 0 aliphatic carbocycles. The Kier molecular flexibility index (Phi) is 4.83. The van der Waals surface area contributed by atoms with Gasteiger partial charge in [-0.1, -0.05) is 0 Å². The molecule has 0 saturated heterocycles. The summed E-state index contributed by atoms with van der Waals surface area (Å²) < 4.78 is 6.20. The van der Waals surface area contributed by atoms with Gasteiger partial charge in [0.2, 0.25) is 5.91 Å². The number of nitrogens with one attached hydrogen (secondary N) is 1. The van der Waals surface area contributed by atoms with E-state index in [1.165, 1.54) is 11.8 Å². The second-order valence-electron chi connectivity index (χ2n) is 4.93. The molecule has 0 bridgehead atoms. The van der Waals surface area contributed by atoms with Crippen LogP contribution < -0.4 is 10.1 Å². The van der Waals surface area contributed by atoms with Gasteiger partial charge in [0, 0.05) is 10.6 Å². The van der Waals surface area contributed by atoms with Crippen molar-refractivity contribution < 1.29 is 9.53 Å². The number of rotatable bonds is 5. The number of fused-ring (bicyclic) bond motifs is 1. The van der Waals surface area contributed by atoms with Gasteiger partial charge in [0.05, 0.1) is 28.1 Å².